The second-order valence-corrected chi connectivity index (χ2v) is 4.91. The van der Waals surface area contributed by atoms with Gasteiger partial charge < -0.3 is 15.8 Å². The molecule has 2 rings (SSSR count). The van der Waals surface area contributed by atoms with E-state index in [4.69, 9.17) is 10.5 Å². The average Bonchev–Trinajstić information content (AvgIpc) is 2.20. The summed E-state index contributed by atoms with van der Waals surface area (Å²) in [5.41, 5.74) is 6.54. The maximum atomic E-state index is 5.68. The summed E-state index contributed by atoms with van der Waals surface area (Å²) in [6, 6.07) is 4.23. The molecule has 0 spiro atoms. The molecule has 0 amide bonds. The fraction of sp³-hybridized carbons (Fsp3) is 0.583. The van der Waals surface area contributed by atoms with Crippen LogP contribution in [0.3, 0.4) is 0 Å². The van der Waals surface area contributed by atoms with Crippen LogP contribution in [0.4, 0.5) is 11.5 Å². The zero-order valence-electron chi connectivity index (χ0n) is 9.86. The summed E-state index contributed by atoms with van der Waals surface area (Å²) in [6.45, 7) is 5.07. The number of rotatable bonds is 2. The minimum Gasteiger partial charge on any atom is -0.384 e. The van der Waals surface area contributed by atoms with Gasteiger partial charge in [0.05, 0.1) is 17.5 Å². The van der Waals surface area contributed by atoms with Crippen molar-refractivity contribution < 1.29 is 4.74 Å². The maximum absolute atomic E-state index is 5.68. The van der Waals surface area contributed by atoms with Crippen LogP contribution in [0, 0.1) is 0 Å². The number of hydrogen-bond acceptors (Lipinski definition) is 4. The monoisotopic (exact) mass is 221 g/mol. The van der Waals surface area contributed by atoms with E-state index in [0.717, 1.165) is 25.1 Å². The molecular weight excluding hydrogens is 202 g/mol. The summed E-state index contributed by atoms with van der Waals surface area (Å²) in [7, 11) is 0. The molecule has 4 nitrogen and oxygen atoms in total. The third kappa shape index (κ3) is 2.85. The number of nitrogens with one attached hydrogen (secondary N) is 1. The lowest BCUT2D eigenvalue weighted by Crippen LogP contribution is -2.40. The normalized spacial score (nSPS) is 24.0. The van der Waals surface area contributed by atoms with Crippen LogP contribution >= 0.6 is 0 Å². The summed E-state index contributed by atoms with van der Waals surface area (Å²) in [5.74, 6) is 0.554. The van der Waals surface area contributed by atoms with E-state index in [9.17, 15) is 0 Å². The van der Waals surface area contributed by atoms with Crippen molar-refractivity contribution in [2.75, 3.05) is 17.7 Å². The van der Waals surface area contributed by atoms with Crippen LogP contribution in [-0.2, 0) is 4.74 Å². The minimum atomic E-state index is -0.0306. The van der Waals surface area contributed by atoms with E-state index in [0.29, 0.717) is 11.9 Å². The number of pyridine rings is 1. The van der Waals surface area contributed by atoms with Crippen molar-refractivity contribution in [3.63, 3.8) is 0 Å². The van der Waals surface area contributed by atoms with Crippen molar-refractivity contribution in [3.05, 3.63) is 18.3 Å². The summed E-state index contributed by atoms with van der Waals surface area (Å²) in [4.78, 5) is 4.06. The van der Waals surface area contributed by atoms with Crippen molar-refractivity contribution in [1.29, 1.82) is 0 Å². The fourth-order valence-corrected chi connectivity index (χ4v) is 2.08. The van der Waals surface area contributed by atoms with Gasteiger partial charge in [0.1, 0.15) is 5.82 Å². The molecule has 1 aliphatic rings. The molecule has 1 aromatic heterocycles. The average molecular weight is 221 g/mol. The molecule has 1 aliphatic heterocycles. The molecule has 1 fully saturated rings. The van der Waals surface area contributed by atoms with E-state index in [1.807, 2.05) is 12.1 Å². The van der Waals surface area contributed by atoms with Crippen molar-refractivity contribution in [2.45, 2.75) is 38.3 Å². The number of nitrogens with zero attached hydrogens (tertiary/aromatic N) is 1. The topological polar surface area (TPSA) is 60.2 Å². The predicted molar refractivity (Wildman–Crippen MR) is 65.3 cm³/mol. The second kappa shape index (κ2) is 4.29. The largest absolute Gasteiger partial charge is 0.384 e. The first-order valence-corrected chi connectivity index (χ1v) is 5.67. The molecule has 1 atom stereocenters. The highest BCUT2D eigenvalue weighted by Gasteiger charge is 2.28. The van der Waals surface area contributed by atoms with Crippen molar-refractivity contribution in [1.82, 2.24) is 4.98 Å². The highest BCUT2D eigenvalue weighted by Crippen LogP contribution is 2.26. The molecule has 3 N–H and O–H groups in total. The van der Waals surface area contributed by atoms with E-state index < -0.39 is 0 Å². The molecule has 88 valence electrons. The Labute approximate surface area is 96.2 Å². The lowest BCUT2D eigenvalue weighted by atomic mass is 9.94. The van der Waals surface area contributed by atoms with Crippen LogP contribution in [0.1, 0.15) is 26.7 Å². The van der Waals surface area contributed by atoms with Gasteiger partial charge in [-0.3, -0.25) is 0 Å². The Hall–Kier alpha value is -1.29. The SMILES string of the molecule is CC1(C)CC(Nc2ccc(N)nc2)CCO1. The van der Waals surface area contributed by atoms with Gasteiger partial charge in [-0.05, 0) is 38.8 Å². The Morgan fingerprint density at radius 3 is 2.94 bits per heavy atom. The molecule has 0 bridgehead atoms. The van der Waals surface area contributed by atoms with E-state index in [1.54, 1.807) is 6.20 Å². The molecular formula is C12H19N3O. The molecule has 1 saturated heterocycles. The molecule has 0 aliphatic carbocycles. The molecule has 0 radical (unpaired) electrons. The number of anilines is 2. The molecule has 4 heteroatoms. The number of aromatic nitrogens is 1. The van der Waals surface area contributed by atoms with E-state index in [1.165, 1.54) is 0 Å². The minimum absolute atomic E-state index is 0.0306. The Balaban J connectivity index is 1.97. The lowest BCUT2D eigenvalue weighted by molar-refractivity contribution is -0.0553. The Morgan fingerprint density at radius 2 is 2.31 bits per heavy atom. The van der Waals surface area contributed by atoms with Gasteiger partial charge in [-0.25, -0.2) is 4.98 Å². The van der Waals surface area contributed by atoms with Gasteiger partial charge in [0.15, 0.2) is 0 Å². The zero-order chi connectivity index (χ0) is 11.6. The summed E-state index contributed by atoms with van der Waals surface area (Å²) >= 11 is 0. The summed E-state index contributed by atoms with van der Waals surface area (Å²) < 4.78 is 5.68. The van der Waals surface area contributed by atoms with Gasteiger partial charge in [-0.15, -0.1) is 0 Å². The van der Waals surface area contributed by atoms with Gasteiger partial charge in [-0.2, -0.15) is 0 Å². The van der Waals surface area contributed by atoms with Crippen molar-refractivity contribution in [2.24, 2.45) is 0 Å². The van der Waals surface area contributed by atoms with Gasteiger partial charge >= 0.3 is 0 Å². The lowest BCUT2D eigenvalue weighted by Gasteiger charge is -2.36. The van der Waals surface area contributed by atoms with Crippen LogP contribution in [-0.4, -0.2) is 23.2 Å². The highest BCUT2D eigenvalue weighted by molar-refractivity contribution is 5.46. The van der Waals surface area contributed by atoms with Crippen LogP contribution in [0.15, 0.2) is 18.3 Å². The highest BCUT2D eigenvalue weighted by atomic mass is 16.5. The van der Waals surface area contributed by atoms with Gasteiger partial charge in [0.25, 0.3) is 0 Å². The van der Waals surface area contributed by atoms with Crippen LogP contribution in [0.25, 0.3) is 0 Å². The van der Waals surface area contributed by atoms with Gasteiger partial charge in [0, 0.05) is 12.6 Å². The fourth-order valence-electron chi connectivity index (χ4n) is 2.08. The summed E-state index contributed by atoms with van der Waals surface area (Å²) in [5, 5.41) is 3.47. The number of ether oxygens (including phenoxy) is 1. The molecule has 2 heterocycles. The smallest absolute Gasteiger partial charge is 0.123 e. The number of hydrogen-bond donors (Lipinski definition) is 2. The van der Waals surface area contributed by atoms with Crippen LogP contribution in [0.2, 0.25) is 0 Å². The van der Waals surface area contributed by atoms with E-state index >= 15 is 0 Å². The number of nitrogen functional groups attached to an aromatic ring is 1. The van der Waals surface area contributed by atoms with Gasteiger partial charge in [0.2, 0.25) is 0 Å². The Kier molecular flexibility index (Phi) is 3.01. The van der Waals surface area contributed by atoms with E-state index in [2.05, 4.69) is 24.1 Å². The first-order valence-electron chi connectivity index (χ1n) is 5.67. The Morgan fingerprint density at radius 1 is 1.50 bits per heavy atom. The van der Waals surface area contributed by atoms with Gasteiger partial charge in [-0.1, -0.05) is 0 Å². The first kappa shape index (κ1) is 11.2. The number of nitrogens with two attached hydrogens (primary N) is 1. The molecule has 0 saturated carbocycles. The van der Waals surface area contributed by atoms with Crippen molar-refractivity contribution >= 4 is 11.5 Å². The predicted octanol–water partition coefficient (Wildman–Crippen LogP) is 2.03. The maximum Gasteiger partial charge on any atom is 0.123 e. The quantitative estimate of drug-likeness (QED) is 0.802. The molecule has 0 aromatic carbocycles. The van der Waals surface area contributed by atoms with E-state index in [-0.39, 0.29) is 5.60 Å². The standard InChI is InChI=1S/C12H19N3O/c1-12(2)7-9(5-6-16-12)15-10-3-4-11(13)14-8-10/h3-4,8-9,15H,5-7H2,1-2H3,(H2,13,14). The third-order valence-corrected chi connectivity index (χ3v) is 2.85. The Bertz CT molecular complexity index is 348. The molecule has 16 heavy (non-hydrogen) atoms. The summed E-state index contributed by atoms with van der Waals surface area (Å²) in [6.07, 6.45) is 3.82. The second-order valence-electron chi connectivity index (χ2n) is 4.91. The van der Waals surface area contributed by atoms with Crippen LogP contribution in [0.5, 0.6) is 0 Å². The first-order chi connectivity index (χ1) is 7.55. The van der Waals surface area contributed by atoms with Crippen LogP contribution < -0.4 is 11.1 Å². The van der Waals surface area contributed by atoms with Crippen molar-refractivity contribution in [3.8, 4) is 0 Å². The zero-order valence-corrected chi connectivity index (χ0v) is 9.86. The third-order valence-electron chi connectivity index (χ3n) is 2.85. The molecule has 1 aromatic rings. The molecule has 1 unspecified atom stereocenters.